The van der Waals surface area contributed by atoms with Crippen LogP contribution in [-0.4, -0.2) is 32.2 Å². The minimum atomic E-state index is 0.236. The SMILES string of the molecule is O=C1CCCN1c1ccccc1NCC1CCCOC1. The molecule has 2 heterocycles. The maximum absolute atomic E-state index is 11.9. The molecule has 4 nitrogen and oxygen atoms in total. The van der Waals surface area contributed by atoms with E-state index in [1.807, 2.05) is 23.1 Å². The summed E-state index contributed by atoms with van der Waals surface area (Å²) in [5, 5.41) is 3.51. The molecular weight excluding hydrogens is 252 g/mol. The van der Waals surface area contributed by atoms with Crippen molar-refractivity contribution in [3.8, 4) is 0 Å². The molecule has 2 aliphatic heterocycles. The minimum absolute atomic E-state index is 0.236. The maximum atomic E-state index is 11.9. The van der Waals surface area contributed by atoms with Crippen LogP contribution < -0.4 is 10.2 Å². The summed E-state index contributed by atoms with van der Waals surface area (Å²) in [4.78, 5) is 13.8. The molecule has 3 rings (SSSR count). The Bertz CT molecular complexity index is 469. The molecule has 1 aromatic carbocycles. The Labute approximate surface area is 120 Å². The van der Waals surface area contributed by atoms with Crippen molar-refractivity contribution in [1.29, 1.82) is 0 Å². The third-order valence-electron chi connectivity index (χ3n) is 4.10. The standard InChI is InChI=1S/C16H22N2O2/c19-16-8-3-9-18(16)15-7-2-1-6-14(15)17-11-13-5-4-10-20-12-13/h1-2,6-7,13,17H,3-5,8-12H2. The highest BCUT2D eigenvalue weighted by Gasteiger charge is 2.24. The summed E-state index contributed by atoms with van der Waals surface area (Å²) in [6, 6.07) is 8.10. The van der Waals surface area contributed by atoms with Gasteiger partial charge in [-0.3, -0.25) is 4.79 Å². The smallest absolute Gasteiger partial charge is 0.227 e. The number of carbonyl (C=O) groups is 1. The normalized spacial score (nSPS) is 23.1. The number of nitrogens with zero attached hydrogens (tertiary/aromatic N) is 1. The second kappa shape index (κ2) is 6.27. The Hall–Kier alpha value is -1.55. The second-order valence-corrected chi connectivity index (χ2v) is 5.63. The first-order valence-corrected chi connectivity index (χ1v) is 7.55. The molecule has 1 atom stereocenters. The number of hydrogen-bond donors (Lipinski definition) is 1. The van der Waals surface area contributed by atoms with Gasteiger partial charge in [0.05, 0.1) is 18.0 Å². The highest BCUT2D eigenvalue weighted by Crippen LogP contribution is 2.29. The summed E-state index contributed by atoms with van der Waals surface area (Å²) >= 11 is 0. The molecule has 20 heavy (non-hydrogen) atoms. The Morgan fingerprint density at radius 2 is 2.20 bits per heavy atom. The largest absolute Gasteiger partial charge is 0.383 e. The van der Waals surface area contributed by atoms with Crippen molar-refractivity contribution in [2.24, 2.45) is 5.92 Å². The monoisotopic (exact) mass is 274 g/mol. The van der Waals surface area contributed by atoms with Gasteiger partial charge in [-0.25, -0.2) is 0 Å². The molecule has 0 spiro atoms. The molecule has 4 heteroatoms. The zero-order valence-electron chi connectivity index (χ0n) is 11.8. The molecule has 0 bridgehead atoms. The number of rotatable bonds is 4. The van der Waals surface area contributed by atoms with Gasteiger partial charge in [0.1, 0.15) is 0 Å². The van der Waals surface area contributed by atoms with Crippen LogP contribution in [0, 0.1) is 5.92 Å². The van der Waals surface area contributed by atoms with Crippen LogP contribution in [0.4, 0.5) is 11.4 Å². The van der Waals surface area contributed by atoms with E-state index in [0.717, 1.165) is 50.5 Å². The van der Waals surface area contributed by atoms with Gasteiger partial charge in [0.15, 0.2) is 0 Å². The molecular formula is C16H22N2O2. The fraction of sp³-hybridized carbons (Fsp3) is 0.562. The van der Waals surface area contributed by atoms with E-state index in [-0.39, 0.29) is 5.91 Å². The summed E-state index contributed by atoms with van der Waals surface area (Å²) in [6.07, 6.45) is 4.00. The molecule has 0 radical (unpaired) electrons. The molecule has 1 N–H and O–H groups in total. The molecule has 0 aliphatic carbocycles. The maximum Gasteiger partial charge on any atom is 0.227 e. The molecule has 2 fully saturated rings. The van der Waals surface area contributed by atoms with E-state index in [0.29, 0.717) is 12.3 Å². The number of benzene rings is 1. The Morgan fingerprint density at radius 1 is 1.30 bits per heavy atom. The first kappa shape index (κ1) is 13.4. The molecule has 0 saturated carbocycles. The van der Waals surface area contributed by atoms with E-state index in [9.17, 15) is 4.79 Å². The topological polar surface area (TPSA) is 41.6 Å². The minimum Gasteiger partial charge on any atom is -0.383 e. The first-order valence-electron chi connectivity index (χ1n) is 7.55. The summed E-state index contributed by atoms with van der Waals surface area (Å²) in [5.74, 6) is 0.811. The van der Waals surface area contributed by atoms with E-state index < -0.39 is 0 Å². The van der Waals surface area contributed by atoms with Crippen LogP contribution >= 0.6 is 0 Å². The predicted molar refractivity (Wildman–Crippen MR) is 80.1 cm³/mol. The fourth-order valence-electron chi connectivity index (χ4n) is 2.98. The van der Waals surface area contributed by atoms with Gasteiger partial charge in [-0.05, 0) is 37.3 Å². The Kier molecular flexibility index (Phi) is 4.21. The zero-order valence-corrected chi connectivity index (χ0v) is 11.8. The van der Waals surface area contributed by atoms with Gasteiger partial charge in [-0.2, -0.15) is 0 Å². The first-order chi connectivity index (χ1) is 9.84. The van der Waals surface area contributed by atoms with Crippen LogP contribution in [0.5, 0.6) is 0 Å². The van der Waals surface area contributed by atoms with Crippen LogP contribution in [-0.2, 0) is 9.53 Å². The van der Waals surface area contributed by atoms with E-state index in [4.69, 9.17) is 4.74 Å². The lowest BCUT2D eigenvalue weighted by molar-refractivity contribution is -0.117. The van der Waals surface area contributed by atoms with E-state index >= 15 is 0 Å². The molecule has 1 amide bonds. The highest BCUT2D eigenvalue weighted by molar-refractivity contribution is 5.98. The molecule has 0 aromatic heterocycles. The number of amides is 1. The number of para-hydroxylation sites is 2. The summed E-state index contributed by atoms with van der Waals surface area (Å²) in [7, 11) is 0. The Morgan fingerprint density at radius 3 is 2.95 bits per heavy atom. The molecule has 1 aromatic rings. The fourth-order valence-corrected chi connectivity index (χ4v) is 2.98. The van der Waals surface area contributed by atoms with Crippen LogP contribution in [0.1, 0.15) is 25.7 Å². The average molecular weight is 274 g/mol. The van der Waals surface area contributed by atoms with Crippen molar-refractivity contribution < 1.29 is 9.53 Å². The van der Waals surface area contributed by atoms with Crippen molar-refractivity contribution in [3.05, 3.63) is 24.3 Å². The number of carbonyl (C=O) groups excluding carboxylic acids is 1. The van der Waals surface area contributed by atoms with E-state index in [2.05, 4.69) is 11.4 Å². The predicted octanol–water partition coefficient (Wildman–Crippen LogP) is 2.65. The van der Waals surface area contributed by atoms with E-state index in [1.165, 1.54) is 6.42 Å². The molecule has 2 aliphatic rings. The number of hydrogen-bond acceptors (Lipinski definition) is 3. The zero-order chi connectivity index (χ0) is 13.8. The molecule has 2 saturated heterocycles. The van der Waals surface area contributed by atoms with E-state index in [1.54, 1.807) is 0 Å². The number of nitrogens with one attached hydrogen (secondary N) is 1. The van der Waals surface area contributed by atoms with Crippen molar-refractivity contribution in [3.63, 3.8) is 0 Å². The lowest BCUT2D eigenvalue weighted by Gasteiger charge is -2.25. The van der Waals surface area contributed by atoms with Crippen molar-refractivity contribution in [2.75, 3.05) is 36.5 Å². The summed E-state index contributed by atoms with van der Waals surface area (Å²) < 4.78 is 5.51. The average Bonchev–Trinajstić information content (AvgIpc) is 2.92. The van der Waals surface area contributed by atoms with Gasteiger partial charge in [-0.15, -0.1) is 0 Å². The number of ether oxygens (including phenoxy) is 1. The van der Waals surface area contributed by atoms with Gasteiger partial charge in [-0.1, -0.05) is 12.1 Å². The lowest BCUT2D eigenvalue weighted by atomic mass is 10.0. The Balaban J connectivity index is 1.67. The van der Waals surface area contributed by atoms with Crippen LogP contribution in [0.15, 0.2) is 24.3 Å². The highest BCUT2D eigenvalue weighted by atomic mass is 16.5. The van der Waals surface area contributed by atoms with Crippen LogP contribution in [0.2, 0.25) is 0 Å². The van der Waals surface area contributed by atoms with Crippen LogP contribution in [0.3, 0.4) is 0 Å². The van der Waals surface area contributed by atoms with Crippen molar-refractivity contribution in [1.82, 2.24) is 0 Å². The second-order valence-electron chi connectivity index (χ2n) is 5.63. The van der Waals surface area contributed by atoms with Gasteiger partial charge >= 0.3 is 0 Å². The van der Waals surface area contributed by atoms with Crippen molar-refractivity contribution in [2.45, 2.75) is 25.7 Å². The van der Waals surface area contributed by atoms with Crippen molar-refractivity contribution >= 4 is 17.3 Å². The summed E-state index contributed by atoms with van der Waals surface area (Å²) in [6.45, 7) is 3.50. The van der Waals surface area contributed by atoms with Gasteiger partial charge in [0.2, 0.25) is 5.91 Å². The third kappa shape index (κ3) is 2.96. The third-order valence-corrected chi connectivity index (χ3v) is 4.10. The van der Waals surface area contributed by atoms with Gasteiger partial charge in [0, 0.05) is 26.1 Å². The van der Waals surface area contributed by atoms with Crippen LogP contribution in [0.25, 0.3) is 0 Å². The molecule has 108 valence electrons. The molecule has 1 unspecified atom stereocenters. The quantitative estimate of drug-likeness (QED) is 0.917. The summed E-state index contributed by atoms with van der Waals surface area (Å²) in [5.41, 5.74) is 2.08. The van der Waals surface area contributed by atoms with Gasteiger partial charge < -0.3 is 15.0 Å². The number of anilines is 2. The van der Waals surface area contributed by atoms with Gasteiger partial charge in [0.25, 0.3) is 0 Å². The lowest BCUT2D eigenvalue weighted by Crippen LogP contribution is -2.27.